The van der Waals surface area contributed by atoms with Gasteiger partial charge in [-0.2, -0.15) is 0 Å². The lowest BCUT2D eigenvalue weighted by Crippen LogP contribution is -2.04. The van der Waals surface area contributed by atoms with Crippen LogP contribution in [0.1, 0.15) is 53.4 Å². The number of hydrogen-bond donors (Lipinski definition) is 0. The Balaban J connectivity index is 1.83. The van der Waals surface area contributed by atoms with E-state index in [9.17, 15) is 0 Å². The zero-order valence-corrected chi connectivity index (χ0v) is 10.3. The molecule has 5 atom stereocenters. The predicted octanol–water partition coefficient (Wildman–Crippen LogP) is 4.35. The Hall–Kier alpha value is 0. The van der Waals surface area contributed by atoms with Gasteiger partial charge in [-0.05, 0) is 54.8 Å². The molecule has 5 unspecified atom stereocenters. The smallest absolute Gasteiger partial charge is 0.0352 e. The molecular weight excluding hydrogens is 168 g/mol. The largest absolute Gasteiger partial charge is 0.0651 e. The van der Waals surface area contributed by atoms with Gasteiger partial charge in [0.05, 0.1) is 0 Å². The molecule has 0 nitrogen and oxygen atoms in total. The number of rotatable bonds is 3. The second-order valence-electron chi connectivity index (χ2n) is 6.13. The highest BCUT2D eigenvalue weighted by Crippen LogP contribution is 2.56. The highest BCUT2D eigenvalue weighted by Gasteiger charge is 2.47. The van der Waals surface area contributed by atoms with Gasteiger partial charge in [-0.1, -0.05) is 34.1 Å². The van der Waals surface area contributed by atoms with Crippen LogP contribution in [0.2, 0.25) is 0 Å². The van der Waals surface area contributed by atoms with E-state index in [-0.39, 0.29) is 0 Å². The Labute approximate surface area is 89.5 Å². The van der Waals surface area contributed by atoms with Crippen molar-refractivity contribution in [1.29, 1.82) is 0 Å². The zero-order chi connectivity index (χ0) is 10.3. The van der Waals surface area contributed by atoms with Crippen molar-refractivity contribution in [1.82, 2.24) is 0 Å². The molecule has 0 bridgehead atoms. The lowest BCUT2D eigenvalue weighted by molar-refractivity contribution is 0.376. The van der Waals surface area contributed by atoms with E-state index in [4.69, 9.17) is 0 Å². The van der Waals surface area contributed by atoms with Crippen LogP contribution in [0.15, 0.2) is 0 Å². The molecule has 0 heteroatoms. The molecule has 0 heterocycles. The first kappa shape index (κ1) is 10.5. The van der Waals surface area contributed by atoms with Gasteiger partial charge >= 0.3 is 0 Å². The van der Waals surface area contributed by atoms with Gasteiger partial charge < -0.3 is 0 Å². The van der Waals surface area contributed by atoms with Crippen LogP contribution in [0.25, 0.3) is 0 Å². The summed E-state index contributed by atoms with van der Waals surface area (Å²) in [6, 6.07) is 0. The summed E-state index contributed by atoms with van der Waals surface area (Å²) in [7, 11) is 0. The molecule has 0 aliphatic heterocycles. The molecule has 0 saturated heterocycles. The highest BCUT2D eigenvalue weighted by molar-refractivity contribution is 4.97. The van der Waals surface area contributed by atoms with E-state index in [1.165, 1.54) is 19.3 Å². The van der Waals surface area contributed by atoms with Crippen molar-refractivity contribution in [3.05, 3.63) is 0 Å². The van der Waals surface area contributed by atoms with E-state index < -0.39 is 0 Å². The second kappa shape index (κ2) is 3.87. The van der Waals surface area contributed by atoms with Gasteiger partial charge in [0, 0.05) is 0 Å². The molecule has 0 radical (unpaired) electrons. The van der Waals surface area contributed by atoms with Gasteiger partial charge in [0.25, 0.3) is 0 Å². The van der Waals surface area contributed by atoms with E-state index >= 15 is 0 Å². The summed E-state index contributed by atoms with van der Waals surface area (Å²) in [6.45, 7) is 9.70. The van der Waals surface area contributed by atoms with Gasteiger partial charge in [-0.3, -0.25) is 0 Å². The second-order valence-corrected chi connectivity index (χ2v) is 6.13. The maximum absolute atomic E-state index is 2.45. The molecule has 2 saturated carbocycles. The Morgan fingerprint density at radius 1 is 1.07 bits per heavy atom. The van der Waals surface area contributed by atoms with Gasteiger partial charge in [-0.25, -0.2) is 0 Å². The van der Waals surface area contributed by atoms with Crippen LogP contribution in [-0.2, 0) is 0 Å². The highest BCUT2D eigenvalue weighted by atomic mass is 14.5. The van der Waals surface area contributed by atoms with Gasteiger partial charge in [0.15, 0.2) is 0 Å². The molecule has 2 rings (SSSR count). The zero-order valence-electron chi connectivity index (χ0n) is 10.3. The SMILES string of the molecule is CCC(C)C1CC1C1CC(C)C(C)C1. The van der Waals surface area contributed by atoms with E-state index in [0.717, 1.165) is 35.5 Å². The Kier molecular flexibility index (Phi) is 2.91. The molecule has 0 aromatic heterocycles. The fraction of sp³-hybridized carbons (Fsp3) is 1.00. The van der Waals surface area contributed by atoms with Gasteiger partial charge in [0.1, 0.15) is 0 Å². The predicted molar refractivity (Wildman–Crippen MR) is 62.1 cm³/mol. The standard InChI is InChI=1S/C14H26/c1-5-9(2)13-8-14(13)12-6-10(3)11(4)7-12/h9-14H,5-8H2,1-4H3. The Morgan fingerprint density at radius 2 is 1.64 bits per heavy atom. The molecule has 82 valence electrons. The lowest BCUT2D eigenvalue weighted by Gasteiger charge is -2.12. The topological polar surface area (TPSA) is 0 Å². The van der Waals surface area contributed by atoms with Crippen molar-refractivity contribution in [3.63, 3.8) is 0 Å². The Morgan fingerprint density at radius 3 is 2.14 bits per heavy atom. The summed E-state index contributed by atoms with van der Waals surface area (Å²) in [4.78, 5) is 0. The molecule has 2 aliphatic carbocycles. The molecule has 2 aliphatic rings. The van der Waals surface area contributed by atoms with Crippen LogP contribution >= 0.6 is 0 Å². The van der Waals surface area contributed by atoms with Gasteiger partial charge in [0.2, 0.25) is 0 Å². The fourth-order valence-electron chi connectivity index (χ4n) is 3.60. The van der Waals surface area contributed by atoms with Crippen molar-refractivity contribution in [2.24, 2.45) is 35.5 Å². The molecule has 2 fully saturated rings. The van der Waals surface area contributed by atoms with Crippen LogP contribution in [0.3, 0.4) is 0 Å². The average Bonchev–Trinajstić information content (AvgIpc) is 2.89. The van der Waals surface area contributed by atoms with Gasteiger partial charge in [-0.15, -0.1) is 0 Å². The monoisotopic (exact) mass is 194 g/mol. The van der Waals surface area contributed by atoms with Crippen LogP contribution in [0.4, 0.5) is 0 Å². The normalized spacial score (nSPS) is 49.3. The van der Waals surface area contributed by atoms with Crippen LogP contribution < -0.4 is 0 Å². The quantitative estimate of drug-likeness (QED) is 0.626. The number of hydrogen-bond acceptors (Lipinski definition) is 0. The molecular formula is C14H26. The van der Waals surface area contributed by atoms with Crippen molar-refractivity contribution < 1.29 is 0 Å². The first-order valence-corrected chi connectivity index (χ1v) is 6.63. The van der Waals surface area contributed by atoms with Crippen molar-refractivity contribution in [2.45, 2.75) is 53.4 Å². The maximum Gasteiger partial charge on any atom is -0.0352 e. The Bertz CT molecular complexity index is 186. The van der Waals surface area contributed by atoms with Crippen LogP contribution in [0.5, 0.6) is 0 Å². The molecule has 14 heavy (non-hydrogen) atoms. The summed E-state index contributed by atoms with van der Waals surface area (Å²) >= 11 is 0. The minimum absolute atomic E-state index is 0.992. The summed E-state index contributed by atoms with van der Waals surface area (Å²) in [5, 5.41) is 0. The average molecular weight is 194 g/mol. The van der Waals surface area contributed by atoms with E-state index in [2.05, 4.69) is 27.7 Å². The minimum atomic E-state index is 0.992. The molecule has 0 aromatic carbocycles. The third kappa shape index (κ3) is 1.85. The van der Waals surface area contributed by atoms with Crippen LogP contribution in [-0.4, -0.2) is 0 Å². The first-order valence-electron chi connectivity index (χ1n) is 6.63. The minimum Gasteiger partial charge on any atom is -0.0651 e. The van der Waals surface area contributed by atoms with Crippen molar-refractivity contribution >= 4 is 0 Å². The van der Waals surface area contributed by atoms with E-state index in [1.807, 2.05) is 0 Å². The summed E-state index contributed by atoms with van der Waals surface area (Å²) in [5.74, 6) is 6.31. The fourth-order valence-corrected chi connectivity index (χ4v) is 3.60. The van der Waals surface area contributed by atoms with Crippen molar-refractivity contribution in [2.75, 3.05) is 0 Å². The molecule has 0 N–H and O–H groups in total. The molecule has 0 aromatic rings. The van der Waals surface area contributed by atoms with E-state index in [1.54, 1.807) is 6.42 Å². The lowest BCUT2D eigenvalue weighted by atomic mass is 9.94. The first-order chi connectivity index (χ1) is 6.63. The third-order valence-corrected chi connectivity index (χ3v) is 5.19. The maximum atomic E-state index is 2.45. The molecule has 0 spiro atoms. The summed E-state index contributed by atoms with van der Waals surface area (Å²) < 4.78 is 0. The van der Waals surface area contributed by atoms with E-state index in [0.29, 0.717) is 0 Å². The third-order valence-electron chi connectivity index (χ3n) is 5.19. The van der Waals surface area contributed by atoms with Crippen molar-refractivity contribution in [3.8, 4) is 0 Å². The summed E-state index contributed by atoms with van der Waals surface area (Å²) in [6.07, 6.45) is 6.00. The summed E-state index contributed by atoms with van der Waals surface area (Å²) in [5.41, 5.74) is 0. The molecule has 0 amide bonds. The van der Waals surface area contributed by atoms with Crippen LogP contribution in [0, 0.1) is 35.5 Å².